The van der Waals surface area contributed by atoms with E-state index in [-0.39, 0.29) is 11.9 Å². The van der Waals surface area contributed by atoms with E-state index in [9.17, 15) is 9.59 Å². The SMILES string of the molecule is CCCCC1CCCC1NC(=O)c1cccc(C(=O)OC)c1. The highest BCUT2D eigenvalue weighted by atomic mass is 16.5. The number of hydrogen-bond acceptors (Lipinski definition) is 3. The molecular weight excluding hydrogens is 278 g/mol. The third kappa shape index (κ3) is 4.09. The molecule has 0 spiro atoms. The summed E-state index contributed by atoms with van der Waals surface area (Å²) in [6.45, 7) is 2.20. The maximum absolute atomic E-state index is 12.4. The van der Waals surface area contributed by atoms with Gasteiger partial charge < -0.3 is 10.1 Å². The number of methoxy groups -OCH3 is 1. The Morgan fingerprint density at radius 3 is 2.77 bits per heavy atom. The number of ether oxygens (including phenoxy) is 1. The highest BCUT2D eigenvalue weighted by molar-refractivity contribution is 5.98. The fourth-order valence-corrected chi connectivity index (χ4v) is 3.20. The second kappa shape index (κ2) is 7.97. The molecule has 0 aromatic heterocycles. The standard InChI is InChI=1S/C18H25NO3/c1-3-4-7-13-8-6-11-16(13)19-17(20)14-9-5-10-15(12-14)18(21)22-2/h5,9-10,12-13,16H,3-4,6-8,11H2,1-2H3,(H,19,20). The second-order valence-corrected chi connectivity index (χ2v) is 5.99. The van der Waals surface area contributed by atoms with E-state index in [0.717, 1.165) is 6.42 Å². The number of nitrogens with one attached hydrogen (secondary N) is 1. The van der Waals surface area contributed by atoms with Crippen LogP contribution in [-0.2, 0) is 4.74 Å². The second-order valence-electron chi connectivity index (χ2n) is 5.99. The van der Waals surface area contributed by atoms with Crippen LogP contribution in [0, 0.1) is 5.92 Å². The van der Waals surface area contributed by atoms with Crippen molar-refractivity contribution in [2.45, 2.75) is 51.5 Å². The molecule has 2 rings (SSSR count). The van der Waals surface area contributed by atoms with Crippen molar-refractivity contribution in [1.29, 1.82) is 0 Å². The largest absolute Gasteiger partial charge is 0.465 e. The topological polar surface area (TPSA) is 55.4 Å². The Labute approximate surface area is 132 Å². The first-order valence-corrected chi connectivity index (χ1v) is 8.15. The fourth-order valence-electron chi connectivity index (χ4n) is 3.20. The Kier molecular flexibility index (Phi) is 5.99. The molecule has 0 heterocycles. The maximum Gasteiger partial charge on any atom is 0.337 e. The van der Waals surface area contributed by atoms with Gasteiger partial charge in [0.15, 0.2) is 0 Å². The van der Waals surface area contributed by atoms with Crippen molar-refractivity contribution in [3.05, 3.63) is 35.4 Å². The van der Waals surface area contributed by atoms with Crippen molar-refractivity contribution in [1.82, 2.24) is 5.32 Å². The molecule has 1 N–H and O–H groups in total. The molecule has 1 saturated carbocycles. The van der Waals surface area contributed by atoms with Gasteiger partial charge in [0.2, 0.25) is 0 Å². The van der Waals surface area contributed by atoms with Crippen LogP contribution in [0.5, 0.6) is 0 Å². The molecule has 2 atom stereocenters. The number of benzene rings is 1. The molecule has 0 aliphatic heterocycles. The van der Waals surface area contributed by atoms with Crippen molar-refractivity contribution in [3.8, 4) is 0 Å². The van der Waals surface area contributed by atoms with Gasteiger partial charge in [-0.25, -0.2) is 4.79 Å². The van der Waals surface area contributed by atoms with Crippen LogP contribution < -0.4 is 5.32 Å². The van der Waals surface area contributed by atoms with Gasteiger partial charge in [0.1, 0.15) is 0 Å². The van der Waals surface area contributed by atoms with Gasteiger partial charge in [-0.05, 0) is 43.4 Å². The van der Waals surface area contributed by atoms with Crippen molar-refractivity contribution >= 4 is 11.9 Å². The van der Waals surface area contributed by atoms with Crippen LogP contribution in [0.3, 0.4) is 0 Å². The van der Waals surface area contributed by atoms with E-state index in [0.29, 0.717) is 17.0 Å². The molecule has 4 heteroatoms. The first kappa shape index (κ1) is 16.5. The molecule has 0 saturated heterocycles. The van der Waals surface area contributed by atoms with E-state index < -0.39 is 5.97 Å². The van der Waals surface area contributed by atoms with Crippen LogP contribution in [-0.4, -0.2) is 25.0 Å². The molecule has 1 aliphatic carbocycles. The van der Waals surface area contributed by atoms with Crippen LogP contribution in [0.4, 0.5) is 0 Å². The van der Waals surface area contributed by atoms with Gasteiger partial charge in [-0.3, -0.25) is 4.79 Å². The summed E-state index contributed by atoms with van der Waals surface area (Å²) in [5.74, 6) is 0.0724. The number of rotatable bonds is 6. The Hall–Kier alpha value is -1.84. The number of hydrogen-bond donors (Lipinski definition) is 1. The van der Waals surface area contributed by atoms with Crippen LogP contribution in [0.25, 0.3) is 0 Å². The van der Waals surface area contributed by atoms with E-state index in [1.807, 2.05) is 0 Å². The molecule has 2 unspecified atom stereocenters. The van der Waals surface area contributed by atoms with Crippen LogP contribution in [0.1, 0.15) is 66.2 Å². The summed E-state index contributed by atoms with van der Waals surface area (Å²) in [5.41, 5.74) is 0.924. The lowest BCUT2D eigenvalue weighted by Crippen LogP contribution is -2.37. The number of unbranched alkanes of at least 4 members (excludes halogenated alkanes) is 1. The molecule has 0 radical (unpaired) electrons. The van der Waals surface area contributed by atoms with Crippen molar-refractivity contribution in [2.24, 2.45) is 5.92 Å². The lowest BCUT2D eigenvalue weighted by molar-refractivity contribution is 0.0600. The van der Waals surface area contributed by atoms with Gasteiger partial charge in [-0.15, -0.1) is 0 Å². The van der Waals surface area contributed by atoms with Gasteiger partial charge in [-0.2, -0.15) is 0 Å². The summed E-state index contributed by atoms with van der Waals surface area (Å²) in [4.78, 5) is 24.0. The molecule has 4 nitrogen and oxygen atoms in total. The number of carbonyl (C=O) groups excluding carboxylic acids is 2. The van der Waals surface area contributed by atoms with Gasteiger partial charge in [0.05, 0.1) is 12.7 Å². The first-order chi connectivity index (χ1) is 10.7. The predicted molar refractivity (Wildman–Crippen MR) is 85.9 cm³/mol. The number of esters is 1. The summed E-state index contributed by atoms with van der Waals surface area (Å²) in [5, 5.41) is 3.15. The molecule has 1 amide bonds. The van der Waals surface area contributed by atoms with Crippen molar-refractivity contribution in [3.63, 3.8) is 0 Å². The van der Waals surface area contributed by atoms with E-state index in [1.165, 1.54) is 39.2 Å². The molecule has 1 aromatic rings. The minimum absolute atomic E-state index is 0.0980. The zero-order chi connectivity index (χ0) is 15.9. The smallest absolute Gasteiger partial charge is 0.337 e. The Balaban J connectivity index is 2.01. The van der Waals surface area contributed by atoms with Gasteiger partial charge in [0, 0.05) is 11.6 Å². The zero-order valence-corrected chi connectivity index (χ0v) is 13.4. The first-order valence-electron chi connectivity index (χ1n) is 8.15. The number of amides is 1. The normalized spacial score (nSPS) is 20.6. The van der Waals surface area contributed by atoms with E-state index >= 15 is 0 Å². The van der Waals surface area contributed by atoms with E-state index in [1.54, 1.807) is 24.3 Å². The van der Waals surface area contributed by atoms with Gasteiger partial charge in [0.25, 0.3) is 5.91 Å². The average molecular weight is 303 g/mol. The van der Waals surface area contributed by atoms with E-state index in [2.05, 4.69) is 12.2 Å². The monoisotopic (exact) mass is 303 g/mol. The van der Waals surface area contributed by atoms with Gasteiger partial charge in [-0.1, -0.05) is 32.3 Å². The highest BCUT2D eigenvalue weighted by Gasteiger charge is 2.28. The van der Waals surface area contributed by atoms with Crippen molar-refractivity contribution < 1.29 is 14.3 Å². The molecule has 22 heavy (non-hydrogen) atoms. The summed E-state index contributed by atoms with van der Waals surface area (Å²) in [7, 11) is 1.34. The van der Waals surface area contributed by atoms with Gasteiger partial charge >= 0.3 is 5.97 Å². The van der Waals surface area contributed by atoms with Crippen LogP contribution in [0.15, 0.2) is 24.3 Å². The highest BCUT2D eigenvalue weighted by Crippen LogP contribution is 2.30. The number of carbonyl (C=O) groups is 2. The summed E-state index contributed by atoms with van der Waals surface area (Å²) >= 11 is 0. The molecule has 120 valence electrons. The molecular formula is C18H25NO3. The molecule has 1 fully saturated rings. The molecule has 1 aliphatic rings. The average Bonchev–Trinajstić information content (AvgIpc) is 2.99. The quantitative estimate of drug-likeness (QED) is 0.817. The van der Waals surface area contributed by atoms with Crippen molar-refractivity contribution in [2.75, 3.05) is 7.11 Å². The fraction of sp³-hybridized carbons (Fsp3) is 0.556. The minimum atomic E-state index is -0.420. The summed E-state index contributed by atoms with van der Waals surface area (Å²) in [6, 6.07) is 6.96. The third-order valence-corrected chi connectivity index (χ3v) is 4.45. The van der Waals surface area contributed by atoms with Crippen LogP contribution in [0.2, 0.25) is 0 Å². The predicted octanol–water partition coefficient (Wildman–Crippen LogP) is 3.56. The maximum atomic E-state index is 12.4. The molecule has 1 aromatic carbocycles. The van der Waals surface area contributed by atoms with Crippen LogP contribution >= 0.6 is 0 Å². The minimum Gasteiger partial charge on any atom is -0.465 e. The Morgan fingerprint density at radius 2 is 2.05 bits per heavy atom. The zero-order valence-electron chi connectivity index (χ0n) is 13.4. The summed E-state index contributed by atoms with van der Waals surface area (Å²) in [6.07, 6.45) is 7.03. The molecule has 0 bridgehead atoms. The summed E-state index contributed by atoms with van der Waals surface area (Å²) < 4.78 is 4.70. The Bertz CT molecular complexity index is 527. The lowest BCUT2D eigenvalue weighted by Gasteiger charge is -2.21. The van der Waals surface area contributed by atoms with E-state index in [4.69, 9.17) is 4.74 Å². The third-order valence-electron chi connectivity index (χ3n) is 4.45. The lowest BCUT2D eigenvalue weighted by atomic mass is 9.96. The Morgan fingerprint density at radius 1 is 1.27 bits per heavy atom.